The summed E-state index contributed by atoms with van der Waals surface area (Å²) in [4.78, 5) is 0. The zero-order valence-electron chi connectivity index (χ0n) is 10.4. The minimum absolute atomic E-state index is 0.319. The lowest BCUT2D eigenvalue weighted by atomic mass is 10.0. The monoisotopic (exact) mass is 224 g/mol. The number of ether oxygens (including phenoxy) is 3. The molecule has 0 amide bonds. The molecule has 16 heavy (non-hydrogen) atoms. The molecule has 0 unspecified atom stereocenters. The van der Waals surface area contributed by atoms with Crippen LogP contribution in [0, 0.1) is 0 Å². The van der Waals surface area contributed by atoms with Gasteiger partial charge in [0.05, 0.1) is 0 Å². The second-order valence-electron chi connectivity index (χ2n) is 3.90. The third-order valence-corrected chi connectivity index (χ3v) is 2.44. The molecule has 0 saturated carbocycles. The third-order valence-electron chi connectivity index (χ3n) is 2.44. The third kappa shape index (κ3) is 3.51. The van der Waals surface area contributed by atoms with Crippen LogP contribution in [-0.4, -0.2) is 27.1 Å². The minimum Gasteiger partial charge on any atom is -0.488 e. The van der Waals surface area contributed by atoms with Crippen LogP contribution in [0.15, 0.2) is 24.3 Å². The summed E-state index contributed by atoms with van der Waals surface area (Å²) in [5.41, 5.74) is 1.20. The van der Waals surface area contributed by atoms with E-state index >= 15 is 0 Å². The van der Waals surface area contributed by atoms with Crippen LogP contribution in [0.3, 0.4) is 0 Å². The Morgan fingerprint density at radius 3 is 2.25 bits per heavy atom. The predicted octanol–water partition coefficient (Wildman–Crippen LogP) is 2.81. The van der Waals surface area contributed by atoms with Crippen LogP contribution in [0.25, 0.3) is 0 Å². The Bertz CT molecular complexity index is 306. The molecule has 1 aromatic rings. The van der Waals surface area contributed by atoms with Crippen LogP contribution >= 0.6 is 0 Å². The second-order valence-corrected chi connectivity index (χ2v) is 3.90. The lowest BCUT2D eigenvalue weighted by Gasteiger charge is -2.17. The van der Waals surface area contributed by atoms with Crippen molar-refractivity contribution < 1.29 is 14.2 Å². The van der Waals surface area contributed by atoms with E-state index in [0.29, 0.717) is 12.5 Å². The Morgan fingerprint density at radius 1 is 1.06 bits per heavy atom. The zero-order chi connectivity index (χ0) is 12.0. The SMILES string of the molecule is COC(COc1ccccc1C(C)C)OC. The molecule has 3 heteroatoms. The number of benzene rings is 1. The number of methoxy groups -OCH3 is 2. The summed E-state index contributed by atoms with van der Waals surface area (Å²) in [6.45, 7) is 4.69. The fourth-order valence-corrected chi connectivity index (χ4v) is 1.48. The van der Waals surface area contributed by atoms with Gasteiger partial charge in [0.15, 0.2) is 6.29 Å². The Kier molecular flexibility index (Phi) is 5.29. The average Bonchev–Trinajstić information content (AvgIpc) is 2.30. The molecule has 0 fully saturated rings. The highest BCUT2D eigenvalue weighted by Crippen LogP contribution is 2.25. The Morgan fingerprint density at radius 2 is 1.69 bits per heavy atom. The molecule has 0 aliphatic heterocycles. The van der Waals surface area contributed by atoms with E-state index in [2.05, 4.69) is 19.9 Å². The van der Waals surface area contributed by atoms with Crippen LogP contribution in [0.5, 0.6) is 5.75 Å². The van der Waals surface area contributed by atoms with Crippen LogP contribution in [-0.2, 0) is 9.47 Å². The largest absolute Gasteiger partial charge is 0.488 e. The van der Waals surface area contributed by atoms with Crippen molar-refractivity contribution in [1.82, 2.24) is 0 Å². The maximum Gasteiger partial charge on any atom is 0.191 e. The summed E-state index contributed by atoms with van der Waals surface area (Å²) in [5, 5.41) is 0. The van der Waals surface area contributed by atoms with Gasteiger partial charge in [-0.05, 0) is 17.5 Å². The van der Waals surface area contributed by atoms with Crippen molar-refractivity contribution in [1.29, 1.82) is 0 Å². The van der Waals surface area contributed by atoms with Crippen molar-refractivity contribution in [3.8, 4) is 5.75 Å². The summed E-state index contributed by atoms with van der Waals surface area (Å²) in [6.07, 6.45) is -0.319. The van der Waals surface area contributed by atoms with Gasteiger partial charge in [-0.2, -0.15) is 0 Å². The summed E-state index contributed by atoms with van der Waals surface area (Å²) in [7, 11) is 3.21. The first kappa shape index (κ1) is 13.0. The van der Waals surface area contributed by atoms with Gasteiger partial charge in [0, 0.05) is 14.2 Å². The first-order valence-electron chi connectivity index (χ1n) is 5.46. The molecule has 0 saturated heterocycles. The summed E-state index contributed by atoms with van der Waals surface area (Å²) < 4.78 is 15.8. The van der Waals surface area contributed by atoms with E-state index in [0.717, 1.165) is 5.75 Å². The molecule has 0 aromatic heterocycles. The van der Waals surface area contributed by atoms with E-state index in [4.69, 9.17) is 14.2 Å². The molecule has 3 nitrogen and oxygen atoms in total. The van der Waals surface area contributed by atoms with Gasteiger partial charge in [0.25, 0.3) is 0 Å². The lowest BCUT2D eigenvalue weighted by Crippen LogP contribution is -2.22. The van der Waals surface area contributed by atoms with Crippen molar-refractivity contribution >= 4 is 0 Å². The summed E-state index contributed by atoms with van der Waals surface area (Å²) in [5.74, 6) is 1.34. The van der Waals surface area contributed by atoms with E-state index in [-0.39, 0.29) is 6.29 Å². The number of rotatable bonds is 6. The van der Waals surface area contributed by atoms with Gasteiger partial charge in [-0.25, -0.2) is 0 Å². The number of hydrogen-bond acceptors (Lipinski definition) is 3. The maximum atomic E-state index is 5.69. The molecule has 0 radical (unpaired) electrons. The normalized spacial score (nSPS) is 11.1. The second kappa shape index (κ2) is 6.51. The zero-order valence-corrected chi connectivity index (χ0v) is 10.4. The van der Waals surface area contributed by atoms with Gasteiger partial charge in [0.2, 0.25) is 0 Å². The summed E-state index contributed by atoms with van der Waals surface area (Å²) in [6, 6.07) is 8.04. The predicted molar refractivity (Wildman–Crippen MR) is 63.8 cm³/mol. The van der Waals surface area contributed by atoms with E-state index in [9.17, 15) is 0 Å². The van der Waals surface area contributed by atoms with Gasteiger partial charge in [0.1, 0.15) is 12.4 Å². The van der Waals surface area contributed by atoms with E-state index in [1.165, 1.54) is 5.56 Å². The van der Waals surface area contributed by atoms with Crippen molar-refractivity contribution in [3.63, 3.8) is 0 Å². The minimum atomic E-state index is -0.319. The van der Waals surface area contributed by atoms with Gasteiger partial charge in [-0.15, -0.1) is 0 Å². The Hall–Kier alpha value is -1.06. The molecule has 0 aliphatic carbocycles. The smallest absolute Gasteiger partial charge is 0.191 e. The molecule has 0 heterocycles. The molecule has 0 bridgehead atoms. The topological polar surface area (TPSA) is 27.7 Å². The van der Waals surface area contributed by atoms with Gasteiger partial charge < -0.3 is 14.2 Å². The van der Waals surface area contributed by atoms with E-state index in [1.807, 2.05) is 18.2 Å². The maximum absolute atomic E-state index is 5.69. The number of hydrogen-bond donors (Lipinski definition) is 0. The first-order chi connectivity index (χ1) is 7.69. The van der Waals surface area contributed by atoms with E-state index < -0.39 is 0 Å². The highest BCUT2D eigenvalue weighted by molar-refractivity contribution is 5.35. The van der Waals surface area contributed by atoms with Gasteiger partial charge >= 0.3 is 0 Å². The fraction of sp³-hybridized carbons (Fsp3) is 0.538. The quantitative estimate of drug-likeness (QED) is 0.695. The van der Waals surface area contributed by atoms with Crippen molar-refractivity contribution in [2.45, 2.75) is 26.1 Å². The van der Waals surface area contributed by atoms with Crippen molar-refractivity contribution in [3.05, 3.63) is 29.8 Å². The molecule has 1 aromatic carbocycles. The first-order valence-corrected chi connectivity index (χ1v) is 5.46. The molecule has 0 spiro atoms. The van der Waals surface area contributed by atoms with Crippen LogP contribution in [0.4, 0.5) is 0 Å². The van der Waals surface area contributed by atoms with Crippen LogP contribution < -0.4 is 4.74 Å². The summed E-state index contributed by atoms with van der Waals surface area (Å²) >= 11 is 0. The molecule has 0 aliphatic rings. The van der Waals surface area contributed by atoms with Crippen molar-refractivity contribution in [2.24, 2.45) is 0 Å². The number of para-hydroxylation sites is 1. The molecule has 0 atom stereocenters. The van der Waals surface area contributed by atoms with Crippen molar-refractivity contribution in [2.75, 3.05) is 20.8 Å². The highest BCUT2D eigenvalue weighted by Gasteiger charge is 2.10. The van der Waals surface area contributed by atoms with Gasteiger partial charge in [-0.3, -0.25) is 0 Å². The standard InChI is InChI=1S/C13H20O3/c1-10(2)11-7-5-6-8-12(11)16-9-13(14-3)15-4/h5-8,10,13H,9H2,1-4H3. The average molecular weight is 224 g/mol. The van der Waals surface area contributed by atoms with Crippen LogP contribution in [0.2, 0.25) is 0 Å². The molecule has 90 valence electrons. The fourth-order valence-electron chi connectivity index (χ4n) is 1.48. The Balaban J connectivity index is 2.66. The molecule has 0 N–H and O–H groups in total. The molecule has 1 rings (SSSR count). The molecular weight excluding hydrogens is 204 g/mol. The van der Waals surface area contributed by atoms with E-state index in [1.54, 1.807) is 14.2 Å². The highest BCUT2D eigenvalue weighted by atomic mass is 16.7. The lowest BCUT2D eigenvalue weighted by molar-refractivity contribution is -0.122. The van der Waals surface area contributed by atoms with Crippen LogP contribution in [0.1, 0.15) is 25.3 Å². The van der Waals surface area contributed by atoms with Gasteiger partial charge in [-0.1, -0.05) is 32.0 Å². The Labute approximate surface area is 97.3 Å². The molecular formula is C13H20O3.